The highest BCUT2D eigenvalue weighted by atomic mass is 16.5. The van der Waals surface area contributed by atoms with Crippen LogP contribution < -0.4 is 0 Å². The molecule has 0 bridgehead atoms. The normalized spacial score (nSPS) is 33.6. The van der Waals surface area contributed by atoms with E-state index in [1.54, 1.807) is 19.9 Å². The summed E-state index contributed by atoms with van der Waals surface area (Å²) in [7, 11) is 0. The summed E-state index contributed by atoms with van der Waals surface area (Å²) in [6, 6.07) is 0. The fourth-order valence-electron chi connectivity index (χ4n) is 2.98. The number of esters is 1. The smallest absolute Gasteiger partial charge is 0.339 e. The van der Waals surface area contributed by atoms with Gasteiger partial charge in [-0.25, -0.2) is 4.79 Å². The van der Waals surface area contributed by atoms with Gasteiger partial charge in [0, 0.05) is 22.5 Å². The number of carbonyl (C=O) groups is 3. The van der Waals surface area contributed by atoms with E-state index in [0.717, 1.165) is 11.1 Å². The Morgan fingerprint density at radius 3 is 2.63 bits per heavy atom. The number of Topliss-reactive ketones (excluding diaryl/α,β-unsaturated/α-hetero) is 1. The van der Waals surface area contributed by atoms with E-state index in [1.165, 1.54) is 6.08 Å². The fourth-order valence-corrected chi connectivity index (χ4v) is 2.98. The first-order valence-corrected chi connectivity index (χ1v) is 6.29. The van der Waals surface area contributed by atoms with Crippen LogP contribution >= 0.6 is 0 Å². The number of carbonyl (C=O) groups excluding carboxylic acids is 3. The average Bonchev–Trinajstić information content (AvgIpc) is 2.62. The van der Waals surface area contributed by atoms with Crippen molar-refractivity contribution < 1.29 is 19.1 Å². The molecule has 3 aliphatic rings. The number of ketones is 2. The number of ether oxygens (including phenoxy) is 1. The largest absolute Gasteiger partial charge is 0.423 e. The van der Waals surface area contributed by atoms with E-state index in [-0.39, 0.29) is 17.7 Å². The Balaban J connectivity index is 2.20. The second kappa shape index (κ2) is 3.53. The van der Waals surface area contributed by atoms with Gasteiger partial charge in [-0.05, 0) is 31.1 Å². The summed E-state index contributed by atoms with van der Waals surface area (Å²) >= 11 is 0. The predicted octanol–water partition coefficient (Wildman–Crippen LogP) is 1.87. The number of rotatable bonds is 0. The second-order valence-electron chi connectivity index (χ2n) is 5.65. The lowest BCUT2D eigenvalue weighted by Gasteiger charge is -2.41. The van der Waals surface area contributed by atoms with E-state index in [2.05, 4.69) is 0 Å². The van der Waals surface area contributed by atoms with Crippen LogP contribution in [0.5, 0.6) is 0 Å². The molecule has 1 aliphatic heterocycles. The van der Waals surface area contributed by atoms with Crippen molar-refractivity contribution in [2.75, 3.05) is 0 Å². The van der Waals surface area contributed by atoms with Crippen LogP contribution in [0.2, 0.25) is 0 Å². The molecule has 2 atom stereocenters. The molecule has 0 saturated carbocycles. The van der Waals surface area contributed by atoms with E-state index in [0.29, 0.717) is 17.8 Å². The first kappa shape index (κ1) is 12.1. The van der Waals surface area contributed by atoms with Gasteiger partial charge in [-0.15, -0.1) is 0 Å². The minimum atomic E-state index is -0.467. The molecule has 98 valence electrons. The number of allylic oxidation sites excluding steroid dienone is 4. The average molecular weight is 258 g/mol. The third-order valence-electron chi connectivity index (χ3n) is 4.63. The van der Waals surface area contributed by atoms with Crippen LogP contribution in [0.3, 0.4) is 0 Å². The zero-order chi connectivity index (χ0) is 13.9. The molecule has 0 spiro atoms. The van der Waals surface area contributed by atoms with Crippen LogP contribution in [0.4, 0.5) is 0 Å². The number of hydrogen-bond acceptors (Lipinski definition) is 4. The van der Waals surface area contributed by atoms with Crippen molar-refractivity contribution in [3.05, 3.63) is 34.6 Å². The van der Waals surface area contributed by atoms with Crippen molar-refractivity contribution in [1.29, 1.82) is 0 Å². The molecule has 0 aromatic carbocycles. The first-order valence-electron chi connectivity index (χ1n) is 6.29. The van der Waals surface area contributed by atoms with E-state index >= 15 is 0 Å². The Bertz CT molecular complexity index is 633. The lowest BCUT2D eigenvalue weighted by atomic mass is 9.61. The van der Waals surface area contributed by atoms with Gasteiger partial charge in [0.15, 0.2) is 0 Å². The monoisotopic (exact) mass is 258 g/mol. The molecule has 4 heteroatoms. The number of fused-ring (bicyclic) bond motifs is 2. The topological polar surface area (TPSA) is 60.4 Å². The molecule has 19 heavy (non-hydrogen) atoms. The molecule has 0 amide bonds. The highest BCUT2D eigenvalue weighted by Crippen LogP contribution is 2.51. The van der Waals surface area contributed by atoms with Gasteiger partial charge in [-0.1, -0.05) is 13.8 Å². The molecule has 2 aliphatic carbocycles. The predicted molar refractivity (Wildman–Crippen MR) is 66.9 cm³/mol. The van der Waals surface area contributed by atoms with Gasteiger partial charge in [0.1, 0.15) is 5.76 Å². The highest BCUT2D eigenvalue weighted by molar-refractivity contribution is 6.43. The molecule has 0 saturated heterocycles. The summed E-state index contributed by atoms with van der Waals surface area (Å²) < 4.78 is 5.18. The van der Waals surface area contributed by atoms with E-state index in [1.807, 2.05) is 6.92 Å². The maximum Gasteiger partial charge on any atom is 0.339 e. The Hall–Kier alpha value is -1.97. The zero-order valence-corrected chi connectivity index (χ0v) is 11.1. The summed E-state index contributed by atoms with van der Waals surface area (Å²) in [4.78, 5) is 35.1. The SMILES string of the molecule is CC1=C2C[C@@]3(C)C(=CC(=O)C(=O)[C@@H]3C)C=C2OC1=O. The van der Waals surface area contributed by atoms with E-state index in [4.69, 9.17) is 4.74 Å². The summed E-state index contributed by atoms with van der Waals surface area (Å²) in [5.41, 5.74) is 1.81. The molecule has 3 rings (SSSR count). The third kappa shape index (κ3) is 1.43. The van der Waals surface area contributed by atoms with Crippen molar-refractivity contribution in [2.45, 2.75) is 27.2 Å². The van der Waals surface area contributed by atoms with Gasteiger partial charge in [-0.3, -0.25) is 9.59 Å². The zero-order valence-electron chi connectivity index (χ0n) is 11.1. The van der Waals surface area contributed by atoms with Crippen LogP contribution in [0, 0.1) is 11.3 Å². The highest BCUT2D eigenvalue weighted by Gasteiger charge is 2.48. The Kier molecular flexibility index (Phi) is 2.24. The maximum atomic E-state index is 11.9. The molecule has 0 radical (unpaired) electrons. The second-order valence-corrected chi connectivity index (χ2v) is 5.65. The molecule has 0 fully saturated rings. The summed E-state index contributed by atoms with van der Waals surface area (Å²) in [5, 5.41) is 0. The van der Waals surface area contributed by atoms with Crippen molar-refractivity contribution in [2.24, 2.45) is 11.3 Å². The van der Waals surface area contributed by atoms with Gasteiger partial charge in [0.05, 0.1) is 0 Å². The molecule has 0 aromatic rings. The Labute approximate surface area is 110 Å². The Morgan fingerprint density at radius 2 is 1.95 bits per heavy atom. The quantitative estimate of drug-likeness (QED) is 0.491. The van der Waals surface area contributed by atoms with Crippen molar-refractivity contribution in [3.8, 4) is 0 Å². The lowest BCUT2D eigenvalue weighted by Crippen LogP contribution is -2.42. The minimum absolute atomic E-state index is 0.339. The van der Waals surface area contributed by atoms with Gasteiger partial charge in [0.2, 0.25) is 11.6 Å². The lowest BCUT2D eigenvalue weighted by molar-refractivity contribution is -0.139. The van der Waals surface area contributed by atoms with Gasteiger partial charge in [-0.2, -0.15) is 0 Å². The third-order valence-corrected chi connectivity index (χ3v) is 4.63. The van der Waals surface area contributed by atoms with E-state index in [9.17, 15) is 14.4 Å². The van der Waals surface area contributed by atoms with Crippen LogP contribution in [0.1, 0.15) is 27.2 Å². The van der Waals surface area contributed by atoms with Gasteiger partial charge in [0.25, 0.3) is 0 Å². The molecule has 0 N–H and O–H groups in total. The summed E-state index contributed by atoms with van der Waals surface area (Å²) in [5.74, 6) is -1.01. The number of hydrogen-bond donors (Lipinski definition) is 0. The summed E-state index contributed by atoms with van der Waals surface area (Å²) in [6.45, 7) is 5.47. The van der Waals surface area contributed by atoms with Crippen molar-refractivity contribution >= 4 is 17.5 Å². The maximum absolute atomic E-state index is 11.9. The molecule has 0 unspecified atom stereocenters. The fraction of sp³-hybridized carbons (Fsp3) is 0.400. The molecule has 1 heterocycles. The van der Waals surface area contributed by atoms with Gasteiger partial charge >= 0.3 is 5.97 Å². The van der Waals surface area contributed by atoms with Gasteiger partial charge < -0.3 is 4.74 Å². The molecule has 0 aromatic heterocycles. The van der Waals surface area contributed by atoms with E-state index < -0.39 is 11.2 Å². The Morgan fingerprint density at radius 1 is 1.26 bits per heavy atom. The van der Waals surface area contributed by atoms with Crippen LogP contribution in [0.15, 0.2) is 34.6 Å². The standard InChI is InChI=1S/C15H14O4/c1-7-10-6-15(3)8(2)13(17)11(16)4-9(15)5-12(10)19-14(7)18/h4-5,8H,6H2,1-3H3/t8-,15+/m0/s1. The van der Waals surface area contributed by atoms with Crippen molar-refractivity contribution in [1.82, 2.24) is 0 Å². The van der Waals surface area contributed by atoms with Crippen LogP contribution in [0.25, 0.3) is 0 Å². The first-order chi connectivity index (χ1) is 8.84. The molecular weight excluding hydrogens is 244 g/mol. The minimum Gasteiger partial charge on any atom is -0.423 e. The van der Waals surface area contributed by atoms with Crippen LogP contribution in [-0.4, -0.2) is 17.5 Å². The summed E-state index contributed by atoms with van der Waals surface area (Å²) in [6.07, 6.45) is 3.67. The van der Waals surface area contributed by atoms with Crippen molar-refractivity contribution in [3.63, 3.8) is 0 Å². The molecular formula is C15H14O4. The molecule has 4 nitrogen and oxygen atoms in total. The van der Waals surface area contributed by atoms with Crippen LogP contribution in [-0.2, 0) is 19.1 Å².